The van der Waals surface area contributed by atoms with Crippen LogP contribution in [0, 0.1) is 0 Å². The summed E-state index contributed by atoms with van der Waals surface area (Å²) >= 11 is 11.8. The molecule has 1 aromatic heterocycles. The first-order chi connectivity index (χ1) is 8.59. The Hall–Kier alpha value is -1.78. The first-order valence-corrected chi connectivity index (χ1v) is 5.78. The van der Waals surface area contributed by atoms with Gasteiger partial charge in [0.2, 0.25) is 0 Å². The monoisotopic (exact) mass is 282 g/mol. The van der Waals surface area contributed by atoms with Crippen LogP contribution in [0.2, 0.25) is 10.0 Å². The summed E-state index contributed by atoms with van der Waals surface area (Å²) in [5, 5.41) is 2.91. The SMILES string of the molecule is O=C(Nc1ccc[nH]c1=O)c1c(Cl)cccc1Cl. The fraction of sp³-hybridized carbons (Fsp3) is 0. The third-order valence-electron chi connectivity index (χ3n) is 2.26. The van der Waals surface area contributed by atoms with Crippen molar-refractivity contribution >= 4 is 34.8 Å². The van der Waals surface area contributed by atoms with Gasteiger partial charge in [-0.05, 0) is 24.3 Å². The number of aromatic nitrogens is 1. The van der Waals surface area contributed by atoms with Gasteiger partial charge in [0.1, 0.15) is 5.69 Å². The van der Waals surface area contributed by atoms with Crippen molar-refractivity contribution in [3.63, 3.8) is 0 Å². The number of aromatic amines is 1. The van der Waals surface area contributed by atoms with Crippen LogP contribution >= 0.6 is 23.2 Å². The van der Waals surface area contributed by atoms with Crippen LogP contribution in [0.1, 0.15) is 10.4 Å². The van der Waals surface area contributed by atoms with Crippen molar-refractivity contribution in [2.45, 2.75) is 0 Å². The number of halogens is 2. The van der Waals surface area contributed by atoms with Crippen LogP contribution in [0.25, 0.3) is 0 Å². The van der Waals surface area contributed by atoms with Gasteiger partial charge in [0.15, 0.2) is 0 Å². The lowest BCUT2D eigenvalue weighted by Gasteiger charge is -2.07. The average Bonchev–Trinajstić information content (AvgIpc) is 2.32. The predicted octanol–water partition coefficient (Wildman–Crippen LogP) is 2.93. The van der Waals surface area contributed by atoms with E-state index in [0.717, 1.165) is 0 Å². The number of anilines is 1. The Balaban J connectivity index is 2.34. The number of benzene rings is 1. The third-order valence-corrected chi connectivity index (χ3v) is 2.89. The minimum Gasteiger partial charge on any atom is -0.327 e. The normalized spacial score (nSPS) is 10.1. The zero-order chi connectivity index (χ0) is 13.1. The summed E-state index contributed by atoms with van der Waals surface area (Å²) in [5.74, 6) is -0.526. The maximum Gasteiger partial charge on any atom is 0.271 e. The number of amides is 1. The fourth-order valence-corrected chi connectivity index (χ4v) is 1.99. The highest BCUT2D eigenvalue weighted by atomic mass is 35.5. The van der Waals surface area contributed by atoms with E-state index >= 15 is 0 Å². The molecule has 1 aromatic carbocycles. The maximum atomic E-state index is 12.0. The molecule has 0 aliphatic carbocycles. The highest BCUT2D eigenvalue weighted by molar-refractivity contribution is 6.40. The number of H-pyrrole nitrogens is 1. The molecular weight excluding hydrogens is 275 g/mol. The molecule has 0 atom stereocenters. The fourth-order valence-electron chi connectivity index (χ4n) is 1.42. The standard InChI is InChI=1S/C12H8Cl2N2O2/c13-7-3-1-4-8(14)10(7)12(18)16-9-5-2-6-15-11(9)17/h1-6H,(H,15,17)(H,16,18). The molecule has 0 aliphatic rings. The van der Waals surface area contributed by atoms with E-state index in [1.165, 1.54) is 12.3 Å². The van der Waals surface area contributed by atoms with Crippen LogP contribution < -0.4 is 10.9 Å². The van der Waals surface area contributed by atoms with Gasteiger partial charge < -0.3 is 10.3 Å². The molecule has 2 N–H and O–H groups in total. The van der Waals surface area contributed by atoms with Crippen LogP contribution in [-0.4, -0.2) is 10.9 Å². The van der Waals surface area contributed by atoms with E-state index in [1.807, 2.05) is 0 Å². The molecule has 0 spiro atoms. The Morgan fingerprint density at radius 3 is 2.39 bits per heavy atom. The van der Waals surface area contributed by atoms with Crippen molar-refractivity contribution in [3.05, 3.63) is 62.5 Å². The number of carbonyl (C=O) groups excluding carboxylic acids is 1. The third kappa shape index (κ3) is 2.55. The van der Waals surface area contributed by atoms with E-state index in [9.17, 15) is 9.59 Å². The lowest BCUT2D eigenvalue weighted by Crippen LogP contribution is -2.19. The molecule has 0 saturated heterocycles. The molecule has 2 rings (SSSR count). The Bertz CT molecular complexity index is 632. The minimum absolute atomic E-state index is 0.137. The van der Waals surface area contributed by atoms with Crippen molar-refractivity contribution in [1.29, 1.82) is 0 Å². The van der Waals surface area contributed by atoms with Gasteiger partial charge in [0.25, 0.3) is 11.5 Å². The van der Waals surface area contributed by atoms with Gasteiger partial charge in [0, 0.05) is 6.20 Å². The van der Waals surface area contributed by atoms with E-state index in [1.54, 1.807) is 24.3 Å². The Labute approximate surface area is 113 Å². The number of hydrogen-bond acceptors (Lipinski definition) is 2. The predicted molar refractivity (Wildman–Crippen MR) is 71.5 cm³/mol. The molecule has 1 heterocycles. The van der Waals surface area contributed by atoms with Crippen molar-refractivity contribution in [2.75, 3.05) is 5.32 Å². The largest absolute Gasteiger partial charge is 0.327 e. The average molecular weight is 283 g/mol. The van der Waals surface area contributed by atoms with Gasteiger partial charge in [-0.1, -0.05) is 29.3 Å². The van der Waals surface area contributed by atoms with Gasteiger partial charge in [-0.15, -0.1) is 0 Å². The summed E-state index contributed by atoms with van der Waals surface area (Å²) in [6.07, 6.45) is 1.47. The maximum absolute atomic E-state index is 12.0. The first kappa shape index (κ1) is 12.7. The molecule has 0 saturated carbocycles. The van der Waals surface area contributed by atoms with Crippen molar-refractivity contribution in [3.8, 4) is 0 Å². The molecule has 0 aliphatic heterocycles. The molecule has 0 bridgehead atoms. The summed E-state index contributed by atoms with van der Waals surface area (Å²) in [7, 11) is 0. The van der Waals surface area contributed by atoms with E-state index < -0.39 is 11.5 Å². The smallest absolute Gasteiger partial charge is 0.271 e. The first-order valence-electron chi connectivity index (χ1n) is 5.02. The van der Waals surface area contributed by atoms with E-state index in [-0.39, 0.29) is 21.3 Å². The number of rotatable bonds is 2. The highest BCUT2D eigenvalue weighted by Crippen LogP contribution is 2.24. The van der Waals surface area contributed by atoms with Gasteiger partial charge in [-0.2, -0.15) is 0 Å². The Morgan fingerprint density at radius 1 is 1.11 bits per heavy atom. The van der Waals surface area contributed by atoms with Gasteiger partial charge in [0.05, 0.1) is 15.6 Å². The molecular formula is C12H8Cl2N2O2. The number of nitrogens with one attached hydrogen (secondary N) is 2. The van der Waals surface area contributed by atoms with Gasteiger partial charge in [-0.3, -0.25) is 9.59 Å². The van der Waals surface area contributed by atoms with Crippen molar-refractivity contribution < 1.29 is 4.79 Å². The second-order valence-corrected chi connectivity index (χ2v) is 4.28. The summed E-state index contributed by atoms with van der Waals surface area (Å²) in [6.45, 7) is 0. The summed E-state index contributed by atoms with van der Waals surface area (Å²) < 4.78 is 0. The van der Waals surface area contributed by atoms with Crippen LogP contribution in [0.3, 0.4) is 0 Å². The van der Waals surface area contributed by atoms with Crippen LogP contribution in [0.15, 0.2) is 41.3 Å². The Kier molecular flexibility index (Phi) is 3.69. The summed E-state index contributed by atoms with van der Waals surface area (Å²) in [6, 6.07) is 7.83. The summed E-state index contributed by atoms with van der Waals surface area (Å²) in [5.41, 5.74) is -0.114. The molecule has 6 heteroatoms. The van der Waals surface area contributed by atoms with Crippen molar-refractivity contribution in [1.82, 2.24) is 4.98 Å². The summed E-state index contributed by atoms with van der Waals surface area (Å²) in [4.78, 5) is 25.8. The molecule has 18 heavy (non-hydrogen) atoms. The molecule has 1 amide bonds. The van der Waals surface area contributed by atoms with Gasteiger partial charge in [-0.25, -0.2) is 0 Å². The molecule has 2 aromatic rings. The van der Waals surface area contributed by atoms with E-state index in [0.29, 0.717) is 0 Å². The zero-order valence-electron chi connectivity index (χ0n) is 9.04. The van der Waals surface area contributed by atoms with Crippen molar-refractivity contribution in [2.24, 2.45) is 0 Å². The molecule has 0 fully saturated rings. The molecule has 0 radical (unpaired) electrons. The van der Waals surface area contributed by atoms with Gasteiger partial charge >= 0.3 is 0 Å². The van der Waals surface area contributed by atoms with Crippen LogP contribution in [-0.2, 0) is 0 Å². The minimum atomic E-state index is -0.526. The molecule has 0 unspecified atom stereocenters. The lowest BCUT2D eigenvalue weighted by atomic mass is 10.2. The van der Waals surface area contributed by atoms with Crippen LogP contribution in [0.4, 0.5) is 5.69 Å². The quantitative estimate of drug-likeness (QED) is 0.890. The zero-order valence-corrected chi connectivity index (χ0v) is 10.5. The van der Waals surface area contributed by atoms with E-state index in [2.05, 4.69) is 10.3 Å². The number of hydrogen-bond donors (Lipinski definition) is 2. The second kappa shape index (κ2) is 5.25. The topological polar surface area (TPSA) is 62.0 Å². The highest BCUT2D eigenvalue weighted by Gasteiger charge is 2.15. The van der Waals surface area contributed by atoms with E-state index in [4.69, 9.17) is 23.2 Å². The molecule has 92 valence electrons. The van der Waals surface area contributed by atoms with Crippen LogP contribution in [0.5, 0.6) is 0 Å². The number of carbonyl (C=O) groups is 1. The molecule has 4 nitrogen and oxygen atoms in total. The number of pyridine rings is 1. The lowest BCUT2D eigenvalue weighted by molar-refractivity contribution is 0.102. The second-order valence-electron chi connectivity index (χ2n) is 3.46. The Morgan fingerprint density at radius 2 is 1.78 bits per heavy atom.